The Hall–Kier alpha value is -5.74. The third-order valence-electron chi connectivity index (χ3n) is 9.99. The molecular weight excluding hydrogens is 604 g/mol. The molecule has 7 aromatic carbocycles. The number of halogens is 1. The summed E-state index contributed by atoms with van der Waals surface area (Å²) in [4.78, 5) is 5.29. The fourth-order valence-corrected chi connectivity index (χ4v) is 7.60. The van der Waals surface area contributed by atoms with Crippen LogP contribution in [0.3, 0.4) is 0 Å². The molecule has 3 nitrogen and oxygen atoms in total. The number of benzene rings is 7. The van der Waals surface area contributed by atoms with Gasteiger partial charge in [-0.2, -0.15) is 0 Å². The first-order valence-corrected chi connectivity index (χ1v) is 17.1. The average Bonchev–Trinajstić information content (AvgIpc) is 3.70. The van der Waals surface area contributed by atoms with Gasteiger partial charge >= 0.3 is 0 Å². The van der Waals surface area contributed by atoms with Gasteiger partial charge in [0.2, 0.25) is 0 Å². The fourth-order valence-electron chi connectivity index (χ4n) is 7.60. The van der Waals surface area contributed by atoms with Crippen molar-refractivity contribution in [2.75, 3.05) is 0 Å². The Kier molecular flexibility index (Phi) is 6.70. The number of aromatic nitrogens is 2. The van der Waals surface area contributed by atoms with Crippen LogP contribution in [0.5, 0.6) is 0 Å². The van der Waals surface area contributed by atoms with Crippen LogP contribution >= 0.6 is 0 Å². The van der Waals surface area contributed by atoms with Crippen molar-refractivity contribution < 1.29 is 8.81 Å². The zero-order valence-electron chi connectivity index (χ0n) is 28.0. The van der Waals surface area contributed by atoms with E-state index < -0.39 is 0 Å². The molecule has 49 heavy (non-hydrogen) atoms. The number of hydrogen-bond donors (Lipinski definition) is 0. The van der Waals surface area contributed by atoms with Crippen LogP contribution in [-0.2, 0) is 0 Å². The Morgan fingerprint density at radius 1 is 0.612 bits per heavy atom. The van der Waals surface area contributed by atoms with E-state index in [-0.39, 0.29) is 17.7 Å². The number of imidazole rings is 1. The SMILES string of the molecule is CC(C)c1cc(-c2ccccc2)cc(C(C)C)c1-n1c(-c2cccc3c2oc2cc4c(ccc5ccccc54)c(F)c23)nc2ccccc21. The average molecular weight is 639 g/mol. The zero-order chi connectivity index (χ0) is 33.4. The zero-order valence-corrected chi connectivity index (χ0v) is 28.0. The van der Waals surface area contributed by atoms with Crippen molar-refractivity contribution in [1.29, 1.82) is 0 Å². The van der Waals surface area contributed by atoms with Crippen molar-refractivity contribution in [3.8, 4) is 28.2 Å². The Morgan fingerprint density at radius 3 is 2.08 bits per heavy atom. The summed E-state index contributed by atoms with van der Waals surface area (Å²) < 4.78 is 25.6. The quantitative estimate of drug-likeness (QED) is 0.176. The van der Waals surface area contributed by atoms with Gasteiger partial charge in [-0.25, -0.2) is 9.37 Å². The lowest BCUT2D eigenvalue weighted by Gasteiger charge is -2.24. The predicted molar refractivity (Wildman–Crippen MR) is 202 cm³/mol. The van der Waals surface area contributed by atoms with Crippen molar-refractivity contribution in [2.24, 2.45) is 0 Å². The maximum absolute atomic E-state index is 16.6. The second kappa shape index (κ2) is 11.2. The highest BCUT2D eigenvalue weighted by Crippen LogP contribution is 2.44. The molecule has 0 fully saturated rings. The van der Waals surface area contributed by atoms with Gasteiger partial charge in [0.15, 0.2) is 0 Å². The minimum atomic E-state index is -0.261. The van der Waals surface area contributed by atoms with Crippen molar-refractivity contribution in [3.63, 3.8) is 0 Å². The van der Waals surface area contributed by atoms with Crippen LogP contribution in [0, 0.1) is 5.82 Å². The van der Waals surface area contributed by atoms with Gasteiger partial charge in [-0.15, -0.1) is 0 Å². The Bertz CT molecular complexity index is 2700. The molecule has 0 saturated heterocycles. The molecule has 9 aromatic rings. The summed E-state index contributed by atoms with van der Waals surface area (Å²) in [5.74, 6) is 0.993. The van der Waals surface area contributed by atoms with Crippen LogP contribution < -0.4 is 0 Å². The van der Waals surface area contributed by atoms with E-state index in [9.17, 15) is 0 Å². The number of rotatable bonds is 5. The second-order valence-corrected chi connectivity index (χ2v) is 13.7. The highest BCUT2D eigenvalue weighted by Gasteiger charge is 2.26. The standard InChI is InChI=1S/C45H35FN2O/c1-26(2)35-23-30(28-13-6-5-7-14-28)24-36(27(3)4)43(35)48-39-20-11-10-19-38(39)47-45(48)34-18-12-17-33-41-40(49-44(33)34)25-37-31-16-9-8-15-29(31)21-22-32(37)42(41)46/h5-27H,1-4H3. The van der Waals surface area contributed by atoms with Crippen LogP contribution in [-0.4, -0.2) is 9.55 Å². The highest BCUT2D eigenvalue weighted by molar-refractivity contribution is 6.18. The molecule has 2 heterocycles. The van der Waals surface area contributed by atoms with Gasteiger partial charge in [-0.3, -0.25) is 4.57 Å². The first-order chi connectivity index (χ1) is 23.9. The van der Waals surface area contributed by atoms with E-state index >= 15 is 4.39 Å². The molecular formula is C45H35FN2O. The van der Waals surface area contributed by atoms with Gasteiger partial charge in [0.05, 0.1) is 27.7 Å². The first-order valence-electron chi connectivity index (χ1n) is 17.1. The molecule has 238 valence electrons. The smallest absolute Gasteiger partial charge is 0.149 e. The molecule has 0 N–H and O–H groups in total. The normalized spacial score (nSPS) is 12.1. The maximum Gasteiger partial charge on any atom is 0.149 e. The van der Waals surface area contributed by atoms with Crippen molar-refractivity contribution in [3.05, 3.63) is 144 Å². The van der Waals surface area contributed by atoms with E-state index in [1.165, 1.54) is 22.3 Å². The van der Waals surface area contributed by atoms with Crippen molar-refractivity contribution >= 4 is 54.5 Å². The van der Waals surface area contributed by atoms with Crippen LogP contribution in [0.4, 0.5) is 4.39 Å². The van der Waals surface area contributed by atoms with Crippen LogP contribution in [0.25, 0.3) is 82.7 Å². The van der Waals surface area contributed by atoms with Crippen molar-refractivity contribution in [1.82, 2.24) is 9.55 Å². The number of para-hydroxylation sites is 3. The Labute approximate surface area is 284 Å². The third-order valence-corrected chi connectivity index (χ3v) is 9.99. The molecule has 0 amide bonds. The Balaban J connectivity index is 1.37. The fraction of sp³-hybridized carbons (Fsp3) is 0.133. The maximum atomic E-state index is 16.6. The molecule has 4 heteroatoms. The lowest BCUT2D eigenvalue weighted by Crippen LogP contribution is -2.09. The number of hydrogen-bond acceptors (Lipinski definition) is 2. The van der Waals surface area contributed by atoms with Gasteiger partial charge in [-0.1, -0.05) is 119 Å². The topological polar surface area (TPSA) is 31.0 Å². The highest BCUT2D eigenvalue weighted by atomic mass is 19.1. The van der Waals surface area contributed by atoms with Crippen LogP contribution in [0.2, 0.25) is 0 Å². The number of furan rings is 1. The molecule has 0 atom stereocenters. The van der Waals surface area contributed by atoms with E-state index in [1.807, 2.05) is 54.6 Å². The minimum absolute atomic E-state index is 0.239. The van der Waals surface area contributed by atoms with E-state index in [1.54, 1.807) is 0 Å². The molecule has 0 unspecified atom stereocenters. The summed E-state index contributed by atoms with van der Waals surface area (Å²) >= 11 is 0. The molecule has 0 saturated carbocycles. The van der Waals surface area contributed by atoms with Gasteiger partial charge < -0.3 is 4.42 Å². The molecule has 0 aliphatic rings. The monoisotopic (exact) mass is 638 g/mol. The number of fused-ring (bicyclic) bond motifs is 7. The summed E-state index contributed by atoms with van der Waals surface area (Å²) in [5.41, 5.74) is 9.94. The predicted octanol–water partition coefficient (Wildman–Crippen LogP) is 13.0. The third kappa shape index (κ3) is 4.51. The first kappa shape index (κ1) is 29.4. The molecule has 2 aromatic heterocycles. The lowest BCUT2D eigenvalue weighted by molar-refractivity contribution is 0.644. The number of nitrogens with zero attached hydrogens (tertiary/aromatic N) is 2. The summed E-state index contributed by atoms with van der Waals surface area (Å²) in [6.07, 6.45) is 0. The lowest BCUT2D eigenvalue weighted by atomic mass is 9.88. The van der Waals surface area contributed by atoms with Crippen LogP contribution in [0.1, 0.15) is 50.7 Å². The Morgan fingerprint density at radius 2 is 1.31 bits per heavy atom. The van der Waals surface area contributed by atoms with E-state index in [0.717, 1.165) is 49.7 Å². The molecule has 0 radical (unpaired) electrons. The summed E-state index contributed by atoms with van der Waals surface area (Å²) in [6.45, 7) is 9.03. The summed E-state index contributed by atoms with van der Waals surface area (Å²) in [7, 11) is 0. The molecule has 0 aliphatic heterocycles. The van der Waals surface area contributed by atoms with Gasteiger partial charge in [0.1, 0.15) is 22.8 Å². The van der Waals surface area contributed by atoms with Gasteiger partial charge in [-0.05, 0) is 86.6 Å². The summed E-state index contributed by atoms with van der Waals surface area (Å²) in [6, 6.07) is 43.6. The molecule has 9 rings (SSSR count). The summed E-state index contributed by atoms with van der Waals surface area (Å²) in [5, 5.41) is 4.75. The van der Waals surface area contributed by atoms with Crippen LogP contribution in [0.15, 0.2) is 132 Å². The second-order valence-electron chi connectivity index (χ2n) is 13.7. The molecule has 0 aliphatic carbocycles. The van der Waals surface area contributed by atoms with Crippen molar-refractivity contribution in [2.45, 2.75) is 39.5 Å². The largest absolute Gasteiger partial charge is 0.455 e. The van der Waals surface area contributed by atoms with Gasteiger partial charge in [0.25, 0.3) is 0 Å². The molecule has 0 bridgehead atoms. The molecule has 0 spiro atoms. The van der Waals surface area contributed by atoms with E-state index in [0.29, 0.717) is 21.9 Å². The van der Waals surface area contributed by atoms with E-state index in [4.69, 9.17) is 9.40 Å². The minimum Gasteiger partial charge on any atom is -0.455 e. The van der Waals surface area contributed by atoms with E-state index in [2.05, 4.69) is 105 Å². The van der Waals surface area contributed by atoms with Gasteiger partial charge in [0, 0.05) is 10.8 Å².